The Balaban J connectivity index is 1.12. The summed E-state index contributed by atoms with van der Waals surface area (Å²) in [4.78, 5) is 38.3. The number of likely N-dealkylation sites (tertiary alicyclic amines) is 1. The lowest BCUT2D eigenvalue weighted by molar-refractivity contribution is -0.0442. The van der Waals surface area contributed by atoms with Crippen molar-refractivity contribution in [2.24, 2.45) is 0 Å². The molecule has 2 N–H and O–H groups in total. The van der Waals surface area contributed by atoms with Crippen LogP contribution in [-0.2, 0) is 4.74 Å². The number of piperidine rings is 1. The van der Waals surface area contributed by atoms with E-state index in [0.29, 0.717) is 42.8 Å². The van der Waals surface area contributed by atoms with E-state index in [1.54, 1.807) is 12.1 Å². The first-order valence-electron chi connectivity index (χ1n) is 16.9. The summed E-state index contributed by atoms with van der Waals surface area (Å²) in [5, 5.41) is 12.8. The maximum absolute atomic E-state index is 13.6. The van der Waals surface area contributed by atoms with Crippen LogP contribution in [-0.4, -0.2) is 81.6 Å². The fraction of sp³-hybridized carbons (Fsp3) is 0.514. The van der Waals surface area contributed by atoms with E-state index in [4.69, 9.17) is 4.74 Å². The second-order valence-electron chi connectivity index (χ2n) is 12.9. The minimum atomic E-state index is -0.892. The smallest absolute Gasteiger partial charge is 0.335 e. The molecule has 9 heteroatoms. The summed E-state index contributed by atoms with van der Waals surface area (Å²) >= 11 is 0. The first-order chi connectivity index (χ1) is 22.2. The zero-order chi connectivity index (χ0) is 32.6. The Morgan fingerprint density at radius 2 is 1.83 bits per heavy atom. The van der Waals surface area contributed by atoms with Gasteiger partial charge >= 0.3 is 5.97 Å². The number of nitrogens with one attached hydrogen (secondary N) is 1. The number of amides is 1. The van der Waals surface area contributed by atoms with Gasteiger partial charge in [-0.3, -0.25) is 4.79 Å². The average molecular weight is 628 g/mol. The first-order valence-corrected chi connectivity index (χ1v) is 16.9. The third-order valence-electron chi connectivity index (χ3n) is 9.81. The van der Waals surface area contributed by atoms with Crippen molar-refractivity contribution in [1.82, 2.24) is 19.8 Å². The van der Waals surface area contributed by atoms with E-state index in [0.717, 1.165) is 62.7 Å². The molecule has 246 valence electrons. The van der Waals surface area contributed by atoms with Gasteiger partial charge in [0.1, 0.15) is 17.8 Å². The van der Waals surface area contributed by atoms with E-state index in [9.17, 15) is 14.7 Å². The SMILES string of the molecule is CCN(CCC(C)c1cccc(C(=O)O)c1)C1CCN(C(=O)c2ncnc(NC[C@H]3CCCC(c4ccc(C)cc4)O3)c2C)CC1. The van der Waals surface area contributed by atoms with Gasteiger partial charge in [0.05, 0.1) is 17.8 Å². The quantitative estimate of drug-likeness (QED) is 0.230. The van der Waals surface area contributed by atoms with Crippen molar-refractivity contribution in [1.29, 1.82) is 0 Å². The Hall–Kier alpha value is -3.82. The molecule has 0 aliphatic carbocycles. The molecule has 1 aromatic heterocycles. The maximum atomic E-state index is 13.6. The second kappa shape index (κ2) is 15.6. The van der Waals surface area contributed by atoms with Gasteiger partial charge in [0.2, 0.25) is 0 Å². The topological polar surface area (TPSA) is 108 Å². The molecule has 2 aliphatic rings. The summed E-state index contributed by atoms with van der Waals surface area (Å²) in [7, 11) is 0. The number of hydrogen-bond donors (Lipinski definition) is 2. The first kappa shape index (κ1) is 33.5. The molecular formula is C37H49N5O4. The average Bonchev–Trinajstić information content (AvgIpc) is 3.08. The molecule has 5 rings (SSSR count). The van der Waals surface area contributed by atoms with E-state index >= 15 is 0 Å². The molecule has 0 saturated carbocycles. The van der Waals surface area contributed by atoms with Crippen molar-refractivity contribution >= 4 is 17.7 Å². The Morgan fingerprint density at radius 3 is 2.54 bits per heavy atom. The molecule has 9 nitrogen and oxygen atoms in total. The van der Waals surface area contributed by atoms with E-state index in [1.807, 2.05) is 24.0 Å². The monoisotopic (exact) mass is 627 g/mol. The molecule has 46 heavy (non-hydrogen) atoms. The molecule has 0 spiro atoms. The molecule has 2 aromatic carbocycles. The standard InChI is InChI=1S/C37H49N5O4/c1-5-41(19-16-26(3)29-8-6-9-30(22-29)37(44)45)31-17-20-42(21-18-31)36(43)34-27(4)35(40-24-39-34)38-23-32-10-7-11-33(46-32)28-14-12-25(2)13-15-28/h6,8-9,12-15,22,24,26,31-33H,5,7,10-11,16-21,23H2,1-4H3,(H,44,45)(H,38,39,40)/t26?,32-,33?/m1/s1. The summed E-state index contributed by atoms with van der Waals surface area (Å²) in [6, 6.07) is 16.3. The van der Waals surface area contributed by atoms with Gasteiger partial charge in [-0.2, -0.15) is 0 Å². The lowest BCUT2D eigenvalue weighted by Gasteiger charge is -2.38. The van der Waals surface area contributed by atoms with Gasteiger partial charge in [-0.1, -0.05) is 55.8 Å². The molecule has 2 unspecified atom stereocenters. The number of carboxylic acids is 1. The largest absolute Gasteiger partial charge is 0.478 e. The van der Waals surface area contributed by atoms with Crippen molar-refractivity contribution < 1.29 is 19.4 Å². The van der Waals surface area contributed by atoms with E-state index < -0.39 is 5.97 Å². The number of nitrogens with zero attached hydrogens (tertiary/aromatic N) is 4. The third-order valence-corrected chi connectivity index (χ3v) is 9.81. The summed E-state index contributed by atoms with van der Waals surface area (Å²) in [5.74, 6) is 0.0218. The number of carboxylic acid groups (broad SMARTS) is 1. The lowest BCUT2D eigenvalue weighted by atomic mass is 9.95. The molecule has 0 bridgehead atoms. The molecule has 3 heterocycles. The number of rotatable bonds is 12. The van der Waals surface area contributed by atoms with Crippen LogP contribution in [0.4, 0.5) is 5.82 Å². The van der Waals surface area contributed by atoms with Crippen LogP contribution in [0.3, 0.4) is 0 Å². The number of aromatic carboxylic acids is 1. The number of ether oxygens (including phenoxy) is 1. The summed E-state index contributed by atoms with van der Waals surface area (Å²) < 4.78 is 6.44. The molecule has 0 radical (unpaired) electrons. The predicted octanol–water partition coefficient (Wildman–Crippen LogP) is 6.63. The van der Waals surface area contributed by atoms with Crippen molar-refractivity contribution in [3.8, 4) is 0 Å². The Morgan fingerprint density at radius 1 is 1.07 bits per heavy atom. The van der Waals surface area contributed by atoms with Gasteiger partial charge in [-0.15, -0.1) is 0 Å². The summed E-state index contributed by atoms with van der Waals surface area (Å²) in [6.45, 7) is 12.3. The van der Waals surface area contributed by atoms with Crippen LogP contribution in [0.5, 0.6) is 0 Å². The molecular weight excluding hydrogens is 578 g/mol. The van der Waals surface area contributed by atoms with Gasteiger partial charge in [0.15, 0.2) is 0 Å². The van der Waals surface area contributed by atoms with E-state index in [2.05, 4.69) is 65.2 Å². The van der Waals surface area contributed by atoms with Crippen LogP contribution >= 0.6 is 0 Å². The third kappa shape index (κ3) is 8.30. The van der Waals surface area contributed by atoms with Crippen LogP contribution in [0, 0.1) is 13.8 Å². The number of aromatic nitrogens is 2. The van der Waals surface area contributed by atoms with E-state index in [1.165, 1.54) is 17.5 Å². The highest BCUT2D eigenvalue weighted by atomic mass is 16.5. The van der Waals surface area contributed by atoms with Crippen LogP contribution < -0.4 is 5.32 Å². The highest BCUT2D eigenvalue weighted by Gasteiger charge is 2.29. The highest BCUT2D eigenvalue weighted by molar-refractivity contribution is 5.94. The van der Waals surface area contributed by atoms with Crippen molar-refractivity contribution in [3.05, 3.63) is 88.4 Å². The molecule has 1 amide bonds. The van der Waals surface area contributed by atoms with Crippen LogP contribution in [0.2, 0.25) is 0 Å². The number of anilines is 1. The molecule has 3 aromatic rings. The fourth-order valence-corrected chi connectivity index (χ4v) is 6.82. The van der Waals surface area contributed by atoms with E-state index in [-0.39, 0.29) is 24.0 Å². The van der Waals surface area contributed by atoms with Gasteiger partial charge < -0.3 is 25.0 Å². The van der Waals surface area contributed by atoms with Crippen molar-refractivity contribution in [2.45, 2.75) is 90.4 Å². The Labute approximate surface area is 273 Å². The number of carbonyl (C=O) groups excluding carboxylic acids is 1. The maximum Gasteiger partial charge on any atom is 0.335 e. The van der Waals surface area contributed by atoms with Gasteiger partial charge in [0.25, 0.3) is 5.91 Å². The minimum Gasteiger partial charge on any atom is -0.478 e. The van der Waals surface area contributed by atoms with Crippen LogP contribution in [0.15, 0.2) is 54.9 Å². The number of benzene rings is 2. The summed E-state index contributed by atoms with van der Waals surface area (Å²) in [6.07, 6.45) is 7.58. The van der Waals surface area contributed by atoms with Gasteiger partial charge in [-0.25, -0.2) is 14.8 Å². The molecule has 2 fully saturated rings. The summed E-state index contributed by atoms with van der Waals surface area (Å²) in [5.41, 5.74) is 5.10. The second-order valence-corrected chi connectivity index (χ2v) is 12.9. The predicted molar refractivity (Wildman–Crippen MR) is 181 cm³/mol. The van der Waals surface area contributed by atoms with Crippen LogP contribution in [0.25, 0.3) is 0 Å². The number of aryl methyl sites for hydroxylation is 1. The normalized spacial score (nSPS) is 19.6. The molecule has 3 atom stereocenters. The zero-order valence-corrected chi connectivity index (χ0v) is 27.7. The van der Waals surface area contributed by atoms with Crippen molar-refractivity contribution in [2.75, 3.05) is 38.0 Å². The molecule has 2 aliphatic heterocycles. The fourth-order valence-electron chi connectivity index (χ4n) is 6.82. The lowest BCUT2D eigenvalue weighted by Crippen LogP contribution is -2.47. The highest BCUT2D eigenvalue weighted by Crippen LogP contribution is 2.32. The van der Waals surface area contributed by atoms with Crippen LogP contribution in [0.1, 0.15) is 107 Å². The van der Waals surface area contributed by atoms with Crippen molar-refractivity contribution in [3.63, 3.8) is 0 Å². The van der Waals surface area contributed by atoms with Gasteiger partial charge in [-0.05, 0) is 94.6 Å². The number of hydrogen-bond acceptors (Lipinski definition) is 7. The Bertz CT molecular complexity index is 1470. The number of carbonyl (C=O) groups is 2. The zero-order valence-electron chi connectivity index (χ0n) is 27.7. The minimum absolute atomic E-state index is 0.0373. The van der Waals surface area contributed by atoms with Gasteiger partial charge in [0, 0.05) is 31.2 Å². The Kier molecular flexibility index (Phi) is 11.4. The molecule has 2 saturated heterocycles.